The van der Waals surface area contributed by atoms with Crippen molar-refractivity contribution < 1.29 is 9.52 Å². The van der Waals surface area contributed by atoms with E-state index in [-0.39, 0.29) is 6.04 Å². The summed E-state index contributed by atoms with van der Waals surface area (Å²) in [6, 6.07) is 12.1. The summed E-state index contributed by atoms with van der Waals surface area (Å²) in [7, 11) is 0. The molecule has 0 radical (unpaired) electrons. The fourth-order valence-electron chi connectivity index (χ4n) is 2.71. The van der Waals surface area contributed by atoms with Crippen LogP contribution in [0, 0.1) is 6.92 Å². The van der Waals surface area contributed by atoms with Crippen LogP contribution in [0.5, 0.6) is 0 Å². The zero-order valence-electron chi connectivity index (χ0n) is 14.0. The number of benzene rings is 1. The molecule has 2 aromatic heterocycles. The molecular weight excluding hydrogens is 302 g/mol. The molecule has 5 heteroatoms. The Labute approximate surface area is 141 Å². The Kier molecular flexibility index (Phi) is 5.13. The molecule has 5 nitrogen and oxygen atoms in total. The highest BCUT2D eigenvalue weighted by Gasteiger charge is 2.15. The van der Waals surface area contributed by atoms with Crippen molar-refractivity contribution in [3.05, 3.63) is 65.7 Å². The summed E-state index contributed by atoms with van der Waals surface area (Å²) in [5.74, 6) is 0.604. The van der Waals surface area contributed by atoms with Gasteiger partial charge in [-0.3, -0.25) is 5.10 Å². The average molecular weight is 325 g/mol. The predicted octanol–water partition coefficient (Wildman–Crippen LogP) is 3.58. The molecule has 0 aliphatic rings. The van der Waals surface area contributed by atoms with Crippen molar-refractivity contribution in [1.29, 1.82) is 0 Å². The van der Waals surface area contributed by atoms with Crippen LogP contribution in [0.1, 0.15) is 36.3 Å². The maximum absolute atomic E-state index is 10.1. The Morgan fingerprint density at radius 3 is 2.75 bits per heavy atom. The molecule has 0 spiro atoms. The quantitative estimate of drug-likeness (QED) is 0.621. The van der Waals surface area contributed by atoms with Crippen LogP contribution >= 0.6 is 0 Å². The lowest BCUT2D eigenvalue weighted by molar-refractivity contribution is 0.128. The highest BCUT2D eigenvalue weighted by molar-refractivity contribution is 5.62. The minimum Gasteiger partial charge on any atom is -0.467 e. The molecule has 3 N–H and O–H groups in total. The number of nitrogens with zero attached hydrogens (tertiary/aromatic N) is 1. The molecule has 2 unspecified atom stereocenters. The van der Waals surface area contributed by atoms with E-state index in [0.29, 0.717) is 18.7 Å². The molecule has 0 bridgehead atoms. The summed E-state index contributed by atoms with van der Waals surface area (Å²) in [6.07, 6.45) is 3.42. The van der Waals surface area contributed by atoms with Crippen molar-refractivity contribution in [3.8, 4) is 11.3 Å². The highest BCUT2D eigenvalue weighted by Crippen LogP contribution is 2.22. The topological polar surface area (TPSA) is 74.1 Å². The van der Waals surface area contributed by atoms with E-state index < -0.39 is 6.10 Å². The van der Waals surface area contributed by atoms with Gasteiger partial charge in [0, 0.05) is 18.2 Å². The van der Waals surface area contributed by atoms with Gasteiger partial charge in [-0.1, -0.05) is 29.8 Å². The van der Waals surface area contributed by atoms with Gasteiger partial charge < -0.3 is 14.8 Å². The average Bonchev–Trinajstić information content (AvgIpc) is 3.25. The van der Waals surface area contributed by atoms with E-state index in [4.69, 9.17) is 4.42 Å². The molecule has 126 valence electrons. The Hall–Kier alpha value is -2.37. The molecule has 24 heavy (non-hydrogen) atoms. The van der Waals surface area contributed by atoms with Crippen molar-refractivity contribution in [1.82, 2.24) is 15.5 Å². The van der Waals surface area contributed by atoms with Gasteiger partial charge >= 0.3 is 0 Å². The standard InChI is InChI=1S/C19H23N3O2/c1-13-5-7-15(8-6-13)19-16(12-21-22-19)11-20-14(2)10-17(23)18-4-3-9-24-18/h3-9,12,14,17,20,23H,10-11H2,1-2H3,(H,21,22). The molecular formula is C19H23N3O2. The van der Waals surface area contributed by atoms with Gasteiger partial charge in [0.05, 0.1) is 18.2 Å². The number of aromatic nitrogens is 2. The number of rotatable bonds is 7. The molecule has 0 fully saturated rings. The lowest BCUT2D eigenvalue weighted by Crippen LogP contribution is -2.27. The van der Waals surface area contributed by atoms with Crippen LogP contribution in [0.2, 0.25) is 0 Å². The van der Waals surface area contributed by atoms with Gasteiger partial charge in [0.25, 0.3) is 0 Å². The van der Waals surface area contributed by atoms with Gasteiger partial charge in [-0.15, -0.1) is 0 Å². The molecule has 0 saturated carbocycles. The van der Waals surface area contributed by atoms with Crippen molar-refractivity contribution in [2.45, 2.75) is 39.0 Å². The second-order valence-electron chi connectivity index (χ2n) is 6.19. The summed E-state index contributed by atoms with van der Waals surface area (Å²) >= 11 is 0. The minimum atomic E-state index is -0.594. The number of aryl methyl sites for hydroxylation is 1. The third-order valence-electron chi connectivity index (χ3n) is 4.15. The number of aliphatic hydroxyl groups is 1. The second-order valence-corrected chi connectivity index (χ2v) is 6.19. The van der Waals surface area contributed by atoms with Gasteiger partial charge in [0.1, 0.15) is 11.9 Å². The summed E-state index contributed by atoms with van der Waals surface area (Å²) in [5.41, 5.74) is 4.50. The van der Waals surface area contributed by atoms with Gasteiger partial charge in [-0.2, -0.15) is 5.10 Å². The van der Waals surface area contributed by atoms with Gasteiger partial charge in [-0.05, 0) is 38.0 Å². The first-order chi connectivity index (χ1) is 11.6. The monoisotopic (exact) mass is 325 g/mol. The molecule has 0 aliphatic carbocycles. The maximum Gasteiger partial charge on any atom is 0.132 e. The maximum atomic E-state index is 10.1. The first-order valence-electron chi connectivity index (χ1n) is 8.17. The van der Waals surface area contributed by atoms with E-state index in [1.54, 1.807) is 18.4 Å². The smallest absolute Gasteiger partial charge is 0.132 e. The van der Waals surface area contributed by atoms with Crippen LogP contribution < -0.4 is 5.32 Å². The van der Waals surface area contributed by atoms with Crippen LogP contribution in [-0.2, 0) is 6.54 Å². The zero-order chi connectivity index (χ0) is 16.9. The fourth-order valence-corrected chi connectivity index (χ4v) is 2.71. The normalized spacial score (nSPS) is 13.8. The van der Waals surface area contributed by atoms with Gasteiger partial charge in [-0.25, -0.2) is 0 Å². The summed E-state index contributed by atoms with van der Waals surface area (Å²) in [6.45, 7) is 4.81. The Balaban J connectivity index is 1.59. The van der Waals surface area contributed by atoms with Crippen LogP contribution in [0.25, 0.3) is 11.3 Å². The van der Waals surface area contributed by atoms with Crippen molar-refractivity contribution >= 4 is 0 Å². The number of aromatic amines is 1. The number of aliphatic hydroxyl groups excluding tert-OH is 1. The number of nitrogens with one attached hydrogen (secondary N) is 2. The number of hydrogen-bond acceptors (Lipinski definition) is 4. The summed E-state index contributed by atoms with van der Waals surface area (Å²) < 4.78 is 5.24. The molecule has 2 atom stereocenters. The van der Waals surface area contributed by atoms with E-state index in [1.807, 2.05) is 6.20 Å². The predicted molar refractivity (Wildman–Crippen MR) is 93.3 cm³/mol. The molecule has 3 aromatic rings. The van der Waals surface area contributed by atoms with E-state index in [2.05, 4.69) is 53.6 Å². The van der Waals surface area contributed by atoms with E-state index in [0.717, 1.165) is 16.8 Å². The van der Waals surface area contributed by atoms with Crippen molar-refractivity contribution in [3.63, 3.8) is 0 Å². The van der Waals surface area contributed by atoms with E-state index in [1.165, 1.54) is 5.56 Å². The number of furan rings is 1. The zero-order valence-corrected chi connectivity index (χ0v) is 14.0. The molecule has 3 rings (SSSR count). The summed E-state index contributed by atoms with van der Waals surface area (Å²) in [5, 5.41) is 20.8. The fraction of sp³-hybridized carbons (Fsp3) is 0.316. The van der Waals surface area contributed by atoms with Crippen LogP contribution in [0.15, 0.2) is 53.3 Å². The van der Waals surface area contributed by atoms with Crippen LogP contribution in [-0.4, -0.2) is 21.3 Å². The molecule has 0 saturated heterocycles. The Bertz CT molecular complexity index is 747. The number of hydrogen-bond donors (Lipinski definition) is 3. The van der Waals surface area contributed by atoms with Crippen molar-refractivity contribution in [2.75, 3.05) is 0 Å². The van der Waals surface area contributed by atoms with Crippen LogP contribution in [0.4, 0.5) is 0 Å². The second kappa shape index (κ2) is 7.47. The largest absolute Gasteiger partial charge is 0.467 e. The summed E-state index contributed by atoms with van der Waals surface area (Å²) in [4.78, 5) is 0. The first kappa shape index (κ1) is 16.5. The number of H-pyrrole nitrogens is 1. The highest BCUT2D eigenvalue weighted by atomic mass is 16.4. The third-order valence-corrected chi connectivity index (χ3v) is 4.15. The minimum absolute atomic E-state index is 0.144. The van der Waals surface area contributed by atoms with Gasteiger partial charge in [0.15, 0.2) is 0 Å². The third kappa shape index (κ3) is 3.93. The van der Waals surface area contributed by atoms with E-state index in [9.17, 15) is 5.11 Å². The SMILES string of the molecule is Cc1ccc(-c2[nH]ncc2CNC(C)CC(O)c2ccco2)cc1. The molecule has 2 heterocycles. The lowest BCUT2D eigenvalue weighted by Gasteiger charge is -2.16. The lowest BCUT2D eigenvalue weighted by atomic mass is 10.1. The van der Waals surface area contributed by atoms with Crippen molar-refractivity contribution in [2.24, 2.45) is 0 Å². The molecule has 0 aliphatic heterocycles. The van der Waals surface area contributed by atoms with Gasteiger partial charge in [0.2, 0.25) is 0 Å². The van der Waals surface area contributed by atoms with Crippen LogP contribution in [0.3, 0.4) is 0 Å². The molecule has 1 aromatic carbocycles. The van der Waals surface area contributed by atoms with E-state index >= 15 is 0 Å². The molecule has 0 amide bonds. The first-order valence-corrected chi connectivity index (χ1v) is 8.17. The Morgan fingerprint density at radius 1 is 1.25 bits per heavy atom. The Morgan fingerprint density at radius 2 is 2.04 bits per heavy atom.